The summed E-state index contributed by atoms with van der Waals surface area (Å²) in [5.41, 5.74) is 2.16. The van der Waals surface area contributed by atoms with Crippen LogP contribution in [0.2, 0.25) is 0 Å². The van der Waals surface area contributed by atoms with E-state index in [1.54, 1.807) is 0 Å². The second-order valence-electron chi connectivity index (χ2n) is 3.18. The Morgan fingerprint density at radius 3 is 3.00 bits per heavy atom. The van der Waals surface area contributed by atoms with Crippen molar-refractivity contribution in [3.8, 4) is 0 Å². The molecule has 3 nitrogen and oxygen atoms in total. The van der Waals surface area contributed by atoms with Gasteiger partial charge < -0.3 is 5.32 Å². The molecular weight excluding hydrogens is 238 g/mol. The zero-order valence-electron chi connectivity index (χ0n) is 9.01. The monoisotopic (exact) mass is 251 g/mol. The zero-order chi connectivity index (χ0) is 11.2. The normalized spacial score (nSPS) is 10.3. The van der Waals surface area contributed by atoms with Gasteiger partial charge in [-0.2, -0.15) is 0 Å². The Kier molecular flexibility index (Phi) is 4.18. The fourth-order valence-corrected chi connectivity index (χ4v) is 2.57. The molecule has 2 rings (SSSR count). The number of benzene rings is 1. The van der Waals surface area contributed by atoms with Crippen molar-refractivity contribution in [2.45, 2.75) is 18.4 Å². The number of hydrogen-bond donors (Lipinski definition) is 1. The van der Waals surface area contributed by atoms with Crippen LogP contribution in [0, 0.1) is 0 Å². The van der Waals surface area contributed by atoms with E-state index in [1.807, 2.05) is 23.2 Å². The molecule has 84 valence electrons. The number of nitrogens with one attached hydrogen (secondary N) is 1. The van der Waals surface area contributed by atoms with Gasteiger partial charge in [0.2, 0.25) is 0 Å². The summed E-state index contributed by atoms with van der Waals surface area (Å²) in [6.07, 6.45) is 0. The first kappa shape index (κ1) is 11.4. The van der Waals surface area contributed by atoms with Crippen LogP contribution in [-0.4, -0.2) is 15.3 Å². The van der Waals surface area contributed by atoms with Gasteiger partial charge in [-0.25, -0.2) is 0 Å². The lowest BCUT2D eigenvalue weighted by Crippen LogP contribution is -2.00. The van der Waals surface area contributed by atoms with Crippen LogP contribution < -0.4 is 5.32 Å². The molecule has 0 aliphatic carbocycles. The third kappa shape index (κ3) is 2.96. The Labute approximate surface area is 103 Å². The van der Waals surface area contributed by atoms with Crippen LogP contribution in [0.25, 0.3) is 0 Å². The number of anilines is 1. The Hall–Kier alpha value is -1.07. The molecule has 0 amide bonds. The van der Waals surface area contributed by atoms with Gasteiger partial charge in [-0.1, -0.05) is 23.5 Å². The maximum Gasteiger partial charge on any atom is 0.0946 e. The number of aromatic nitrogens is 2. The summed E-state index contributed by atoms with van der Waals surface area (Å²) in [7, 11) is 0. The van der Waals surface area contributed by atoms with Gasteiger partial charge in [0.05, 0.1) is 12.2 Å². The van der Waals surface area contributed by atoms with Gasteiger partial charge in [0, 0.05) is 16.0 Å². The fraction of sp³-hybridized carbons (Fsp3) is 0.273. The molecule has 0 spiro atoms. The minimum absolute atomic E-state index is 0.734. The summed E-state index contributed by atoms with van der Waals surface area (Å²) in [4.78, 5) is 1.29. The van der Waals surface area contributed by atoms with Gasteiger partial charge >= 0.3 is 0 Å². The van der Waals surface area contributed by atoms with Crippen molar-refractivity contribution in [3.63, 3.8) is 0 Å². The standard InChI is InChI=1S/C11H13N3S2/c1-2-15-11-6-4-3-5-10(11)12-7-9-8-16-14-13-9/h3-6,8,12H,2,7H2,1H3. The molecule has 0 saturated carbocycles. The first-order valence-electron chi connectivity index (χ1n) is 5.11. The van der Waals surface area contributed by atoms with E-state index in [2.05, 4.69) is 40.0 Å². The second kappa shape index (κ2) is 5.86. The molecule has 0 saturated heterocycles. The van der Waals surface area contributed by atoms with E-state index in [1.165, 1.54) is 22.1 Å². The lowest BCUT2D eigenvalue weighted by molar-refractivity contribution is 0.994. The van der Waals surface area contributed by atoms with Crippen LogP contribution in [0.1, 0.15) is 12.6 Å². The van der Waals surface area contributed by atoms with E-state index in [9.17, 15) is 0 Å². The third-order valence-electron chi connectivity index (χ3n) is 2.05. The third-order valence-corrected chi connectivity index (χ3v) is 3.56. The predicted octanol–water partition coefficient (Wildman–Crippen LogP) is 3.26. The van der Waals surface area contributed by atoms with Crippen molar-refractivity contribution in [2.75, 3.05) is 11.1 Å². The van der Waals surface area contributed by atoms with E-state index in [0.29, 0.717) is 0 Å². The highest BCUT2D eigenvalue weighted by molar-refractivity contribution is 7.99. The summed E-state index contributed by atoms with van der Waals surface area (Å²) in [6, 6.07) is 8.34. The summed E-state index contributed by atoms with van der Waals surface area (Å²) in [5, 5.41) is 9.35. The van der Waals surface area contributed by atoms with Gasteiger partial charge in [-0.15, -0.1) is 16.9 Å². The van der Waals surface area contributed by atoms with Crippen molar-refractivity contribution >= 4 is 29.0 Å². The Morgan fingerprint density at radius 2 is 2.25 bits per heavy atom. The van der Waals surface area contributed by atoms with E-state index in [-0.39, 0.29) is 0 Å². The molecule has 1 aromatic carbocycles. The fourth-order valence-electron chi connectivity index (χ4n) is 1.34. The molecule has 0 fully saturated rings. The average molecular weight is 251 g/mol. The lowest BCUT2D eigenvalue weighted by atomic mass is 10.3. The topological polar surface area (TPSA) is 37.8 Å². The maximum atomic E-state index is 4.01. The van der Waals surface area contributed by atoms with E-state index in [4.69, 9.17) is 0 Å². The number of para-hydroxylation sites is 1. The van der Waals surface area contributed by atoms with Crippen LogP contribution >= 0.6 is 23.3 Å². The predicted molar refractivity (Wildman–Crippen MR) is 70.1 cm³/mol. The molecule has 1 heterocycles. The van der Waals surface area contributed by atoms with Crippen molar-refractivity contribution in [1.82, 2.24) is 9.59 Å². The second-order valence-corrected chi connectivity index (χ2v) is 5.09. The van der Waals surface area contributed by atoms with Crippen LogP contribution in [-0.2, 0) is 6.54 Å². The van der Waals surface area contributed by atoms with Gasteiger partial charge in [0.15, 0.2) is 0 Å². The molecule has 1 aromatic heterocycles. The Bertz CT molecular complexity index is 429. The highest BCUT2D eigenvalue weighted by atomic mass is 32.2. The summed E-state index contributed by atoms with van der Waals surface area (Å²) >= 11 is 3.23. The Morgan fingerprint density at radius 1 is 1.38 bits per heavy atom. The van der Waals surface area contributed by atoms with Crippen LogP contribution in [0.3, 0.4) is 0 Å². The minimum atomic E-state index is 0.734. The number of nitrogens with zero attached hydrogens (tertiary/aromatic N) is 2. The van der Waals surface area contributed by atoms with E-state index >= 15 is 0 Å². The van der Waals surface area contributed by atoms with Crippen LogP contribution in [0.5, 0.6) is 0 Å². The van der Waals surface area contributed by atoms with Gasteiger partial charge in [0.1, 0.15) is 0 Å². The highest BCUT2D eigenvalue weighted by Crippen LogP contribution is 2.26. The molecule has 1 N–H and O–H groups in total. The van der Waals surface area contributed by atoms with E-state index in [0.717, 1.165) is 18.0 Å². The first-order valence-corrected chi connectivity index (χ1v) is 6.94. The lowest BCUT2D eigenvalue weighted by Gasteiger charge is -2.09. The average Bonchev–Trinajstić information content (AvgIpc) is 2.81. The van der Waals surface area contributed by atoms with Crippen molar-refractivity contribution < 1.29 is 0 Å². The molecule has 0 radical (unpaired) electrons. The number of rotatable bonds is 5. The van der Waals surface area contributed by atoms with Crippen LogP contribution in [0.15, 0.2) is 34.5 Å². The molecule has 0 aliphatic heterocycles. The number of thioether (sulfide) groups is 1. The van der Waals surface area contributed by atoms with Gasteiger partial charge in [0.25, 0.3) is 0 Å². The summed E-state index contributed by atoms with van der Waals surface area (Å²) < 4.78 is 3.84. The summed E-state index contributed by atoms with van der Waals surface area (Å²) in [5.74, 6) is 1.08. The van der Waals surface area contributed by atoms with E-state index < -0.39 is 0 Å². The summed E-state index contributed by atoms with van der Waals surface area (Å²) in [6.45, 7) is 2.89. The smallest absolute Gasteiger partial charge is 0.0946 e. The molecule has 0 bridgehead atoms. The number of hydrogen-bond acceptors (Lipinski definition) is 5. The molecule has 0 aliphatic rings. The van der Waals surface area contributed by atoms with Crippen molar-refractivity contribution in [1.29, 1.82) is 0 Å². The van der Waals surface area contributed by atoms with Crippen molar-refractivity contribution in [2.24, 2.45) is 0 Å². The molecule has 0 unspecified atom stereocenters. The maximum absolute atomic E-state index is 4.01. The van der Waals surface area contributed by atoms with Crippen molar-refractivity contribution in [3.05, 3.63) is 35.3 Å². The molecule has 0 atom stereocenters. The zero-order valence-corrected chi connectivity index (χ0v) is 10.6. The Balaban J connectivity index is 2.03. The molecule has 5 heteroatoms. The van der Waals surface area contributed by atoms with Gasteiger partial charge in [-0.3, -0.25) is 0 Å². The van der Waals surface area contributed by atoms with Crippen LogP contribution in [0.4, 0.5) is 5.69 Å². The van der Waals surface area contributed by atoms with Gasteiger partial charge in [-0.05, 0) is 29.4 Å². The molecule has 16 heavy (non-hydrogen) atoms. The SMILES string of the molecule is CCSc1ccccc1NCc1csnn1. The molecular formula is C11H13N3S2. The largest absolute Gasteiger partial charge is 0.378 e. The highest BCUT2D eigenvalue weighted by Gasteiger charge is 2.02. The quantitative estimate of drug-likeness (QED) is 0.828. The molecule has 2 aromatic rings. The first-order chi connectivity index (χ1) is 7.90. The minimum Gasteiger partial charge on any atom is -0.378 e.